The first-order valence-electron chi connectivity index (χ1n) is 6.65. The summed E-state index contributed by atoms with van der Waals surface area (Å²) in [4.78, 5) is 11.4. The van der Waals surface area contributed by atoms with E-state index in [2.05, 4.69) is 4.74 Å². The normalized spacial score (nSPS) is 14.1. The molecule has 0 aliphatic heterocycles. The second-order valence-corrected chi connectivity index (χ2v) is 5.23. The predicted molar refractivity (Wildman–Crippen MR) is 62.8 cm³/mol. The van der Waals surface area contributed by atoms with Gasteiger partial charge in [-0.25, -0.2) is 4.79 Å². The minimum Gasteiger partial charge on any atom is -0.465 e. The molecule has 0 spiro atoms. The summed E-state index contributed by atoms with van der Waals surface area (Å²) in [7, 11) is -0.0131. The van der Waals surface area contributed by atoms with Gasteiger partial charge in [-0.05, 0) is 0 Å². The zero-order chi connectivity index (χ0) is 24.2. The van der Waals surface area contributed by atoms with E-state index in [9.17, 15) is 70.7 Å². The molecule has 0 aliphatic rings. The second-order valence-electron chi connectivity index (χ2n) is 5.23. The van der Waals surface area contributed by atoms with Crippen LogP contribution in [0.2, 0.25) is 0 Å². The van der Waals surface area contributed by atoms with Crippen LogP contribution in [0.3, 0.4) is 0 Å². The highest BCUT2D eigenvalue weighted by molar-refractivity contribution is 5.95. The van der Waals surface area contributed by atoms with E-state index in [-0.39, 0.29) is 7.11 Å². The molecule has 0 radical (unpaired) electrons. The number of carbonyl (C=O) groups excluding carboxylic acids is 1. The highest BCUT2D eigenvalue weighted by atomic mass is 19.4. The molecule has 0 fully saturated rings. The molecule has 0 heterocycles. The molecule has 0 aromatic heterocycles. The highest BCUT2D eigenvalue weighted by Gasteiger charge is 2.61. The molecular weight excluding hydrogens is 473 g/mol. The van der Waals surface area contributed by atoms with Crippen molar-refractivity contribution in [1.82, 2.24) is 0 Å². The van der Waals surface area contributed by atoms with Crippen LogP contribution in [0.5, 0.6) is 0 Å². The first-order valence-corrected chi connectivity index (χ1v) is 6.65. The van der Waals surface area contributed by atoms with Crippen molar-refractivity contribution in [2.45, 2.75) is 30.9 Å². The number of ether oxygens (including phenoxy) is 1. The Bertz CT molecular complexity index is 780. The van der Waals surface area contributed by atoms with Crippen LogP contribution in [0.1, 0.15) is 38.2 Å². The van der Waals surface area contributed by atoms with Gasteiger partial charge < -0.3 is 4.74 Å². The van der Waals surface area contributed by atoms with Gasteiger partial charge in [-0.2, -0.15) is 65.9 Å². The fourth-order valence-electron chi connectivity index (χ4n) is 2.47. The van der Waals surface area contributed by atoms with E-state index in [1.165, 1.54) is 0 Å². The lowest BCUT2D eigenvalue weighted by molar-refractivity contribution is -0.189. The largest absolute Gasteiger partial charge is 0.465 e. The average molecular weight is 476 g/mol. The van der Waals surface area contributed by atoms with Crippen LogP contribution in [-0.4, -0.2) is 13.1 Å². The van der Waals surface area contributed by atoms with Gasteiger partial charge in [-0.15, -0.1) is 0 Å². The van der Waals surface area contributed by atoms with Crippen LogP contribution >= 0.6 is 0 Å². The van der Waals surface area contributed by atoms with Gasteiger partial charge in [0.2, 0.25) is 0 Å². The Balaban J connectivity index is 4.82. The van der Waals surface area contributed by atoms with E-state index in [0.29, 0.717) is 0 Å². The lowest BCUT2D eigenvalue weighted by atomic mass is 9.84. The third-order valence-electron chi connectivity index (χ3n) is 3.31. The summed E-state index contributed by atoms with van der Waals surface area (Å²) in [5, 5.41) is 0. The number of carbonyl (C=O) groups is 1. The molecule has 0 amide bonds. The third kappa shape index (κ3) is 4.69. The number of methoxy groups -OCH3 is 1. The Hall–Kier alpha value is -2.36. The van der Waals surface area contributed by atoms with E-state index in [1.54, 1.807) is 0 Å². The van der Waals surface area contributed by atoms with Crippen molar-refractivity contribution < 1.29 is 75.4 Å². The molecule has 0 N–H and O–H groups in total. The lowest BCUT2D eigenvalue weighted by Gasteiger charge is -2.29. The van der Waals surface area contributed by atoms with Crippen molar-refractivity contribution in [3.05, 3.63) is 33.4 Å². The number of hydrogen-bond acceptors (Lipinski definition) is 2. The van der Waals surface area contributed by atoms with Crippen molar-refractivity contribution in [3.8, 4) is 0 Å². The van der Waals surface area contributed by atoms with Gasteiger partial charge in [0.05, 0.1) is 40.5 Å². The van der Waals surface area contributed by atoms with Crippen molar-refractivity contribution in [2.75, 3.05) is 7.11 Å². The molecule has 0 saturated heterocycles. The smallest absolute Gasteiger partial charge is 0.417 e. The maximum atomic E-state index is 13.2. The van der Waals surface area contributed by atoms with Gasteiger partial charge in [0.15, 0.2) is 0 Å². The molecule has 1 aromatic carbocycles. The molecule has 1 aromatic rings. The zero-order valence-electron chi connectivity index (χ0n) is 13.5. The number of halogens is 15. The minimum absolute atomic E-state index is 0.0131. The van der Waals surface area contributed by atoms with Crippen molar-refractivity contribution >= 4 is 5.97 Å². The number of benzene rings is 1. The van der Waals surface area contributed by atoms with E-state index < -0.39 is 70.2 Å². The van der Waals surface area contributed by atoms with Gasteiger partial charge in [-0.1, -0.05) is 0 Å². The van der Waals surface area contributed by atoms with Gasteiger partial charge in [-0.3, -0.25) is 0 Å². The topological polar surface area (TPSA) is 26.3 Å². The summed E-state index contributed by atoms with van der Waals surface area (Å²) in [6.45, 7) is 0. The van der Waals surface area contributed by atoms with Crippen LogP contribution < -0.4 is 0 Å². The summed E-state index contributed by atoms with van der Waals surface area (Å²) in [5.74, 6) is -3.03. The second kappa shape index (κ2) is 7.11. The number of hydrogen-bond donors (Lipinski definition) is 0. The summed E-state index contributed by atoms with van der Waals surface area (Å²) in [5.41, 5.74) is -23.9. The third-order valence-corrected chi connectivity index (χ3v) is 3.31. The molecule has 0 unspecified atom stereocenters. The fourth-order valence-corrected chi connectivity index (χ4v) is 2.47. The average Bonchev–Trinajstić information content (AvgIpc) is 2.46. The van der Waals surface area contributed by atoms with E-state index in [0.717, 1.165) is 0 Å². The Labute approximate surface area is 154 Å². The van der Waals surface area contributed by atoms with E-state index in [1.807, 2.05) is 0 Å². The molecule has 1 rings (SSSR count). The Morgan fingerprint density at radius 1 is 0.500 bits per heavy atom. The highest BCUT2D eigenvalue weighted by Crippen LogP contribution is 2.56. The Kier molecular flexibility index (Phi) is 6.08. The molecular formula is C13H3F15O2. The molecule has 2 nitrogen and oxygen atoms in total. The Morgan fingerprint density at radius 3 is 0.867 bits per heavy atom. The van der Waals surface area contributed by atoms with Gasteiger partial charge >= 0.3 is 36.9 Å². The standard InChI is InChI=1S/C13H3F15O2/c1-30-8(29)2-3(9(14,15)16)5(11(20,21)22)7(13(26,27)28)6(12(23,24)25)4(2)10(17,18)19/h1H3. The summed E-state index contributed by atoms with van der Waals surface area (Å²) in [6, 6.07) is 0. The van der Waals surface area contributed by atoms with Crippen LogP contribution in [0.15, 0.2) is 0 Å². The summed E-state index contributed by atoms with van der Waals surface area (Å²) >= 11 is 0. The lowest BCUT2D eigenvalue weighted by Crippen LogP contribution is -2.34. The van der Waals surface area contributed by atoms with Crippen LogP contribution in [-0.2, 0) is 35.6 Å². The molecule has 0 bridgehead atoms. The fraction of sp³-hybridized carbons (Fsp3) is 0.462. The van der Waals surface area contributed by atoms with Crippen LogP contribution in [0.25, 0.3) is 0 Å². The summed E-state index contributed by atoms with van der Waals surface area (Å²) in [6.07, 6.45) is -34.5. The maximum Gasteiger partial charge on any atom is 0.417 e. The molecule has 172 valence electrons. The van der Waals surface area contributed by atoms with Crippen molar-refractivity contribution in [3.63, 3.8) is 0 Å². The molecule has 30 heavy (non-hydrogen) atoms. The quantitative estimate of drug-likeness (QED) is 0.339. The van der Waals surface area contributed by atoms with Gasteiger partial charge in [0, 0.05) is 0 Å². The van der Waals surface area contributed by atoms with Crippen LogP contribution in [0.4, 0.5) is 65.9 Å². The maximum absolute atomic E-state index is 13.2. The summed E-state index contributed by atoms with van der Waals surface area (Å²) < 4.78 is 200. The molecule has 0 atom stereocenters. The first kappa shape index (κ1) is 25.7. The van der Waals surface area contributed by atoms with E-state index in [4.69, 9.17) is 0 Å². The monoisotopic (exact) mass is 476 g/mol. The van der Waals surface area contributed by atoms with Crippen LogP contribution in [0, 0.1) is 0 Å². The number of alkyl halides is 15. The molecule has 0 saturated carbocycles. The predicted octanol–water partition coefficient (Wildman–Crippen LogP) is 6.57. The Morgan fingerprint density at radius 2 is 0.700 bits per heavy atom. The number of esters is 1. The van der Waals surface area contributed by atoms with Crippen molar-refractivity contribution in [2.24, 2.45) is 0 Å². The number of rotatable bonds is 1. The van der Waals surface area contributed by atoms with E-state index >= 15 is 0 Å². The zero-order valence-corrected chi connectivity index (χ0v) is 13.5. The SMILES string of the molecule is COC(=O)c1c(C(F)(F)F)c(C(F)(F)F)c(C(F)(F)F)c(C(F)(F)F)c1C(F)(F)F. The molecule has 0 aliphatic carbocycles. The van der Waals surface area contributed by atoms with Gasteiger partial charge in [0.1, 0.15) is 0 Å². The van der Waals surface area contributed by atoms with Crippen molar-refractivity contribution in [1.29, 1.82) is 0 Å². The minimum atomic E-state index is -7.01. The first-order chi connectivity index (χ1) is 13.0. The molecule has 17 heteroatoms. The van der Waals surface area contributed by atoms with Gasteiger partial charge in [0.25, 0.3) is 0 Å².